The Kier molecular flexibility index (Phi) is 5.75. The number of rotatable bonds is 7. The van der Waals surface area contributed by atoms with Crippen molar-refractivity contribution in [2.75, 3.05) is 24.3 Å². The van der Waals surface area contributed by atoms with Gasteiger partial charge in [0.15, 0.2) is 0 Å². The molecule has 0 aliphatic heterocycles. The van der Waals surface area contributed by atoms with Gasteiger partial charge in [0.2, 0.25) is 0 Å². The lowest BCUT2D eigenvalue weighted by Gasteiger charge is -2.17. The summed E-state index contributed by atoms with van der Waals surface area (Å²) in [6.07, 6.45) is 0.311. The van der Waals surface area contributed by atoms with Gasteiger partial charge in [-0.2, -0.15) is 0 Å². The first kappa shape index (κ1) is 17.7. The predicted octanol–water partition coefficient (Wildman–Crippen LogP) is 0.722. The van der Waals surface area contributed by atoms with E-state index >= 15 is 0 Å². The van der Waals surface area contributed by atoms with E-state index in [0.717, 1.165) is 10.1 Å². The van der Waals surface area contributed by atoms with Crippen molar-refractivity contribution in [3.05, 3.63) is 56.5 Å². The Balaban J connectivity index is 2.39. The lowest BCUT2D eigenvalue weighted by molar-refractivity contribution is 0.277. The molecule has 1 aromatic carbocycles. The molecule has 130 valence electrons. The van der Waals surface area contributed by atoms with Crippen LogP contribution in [0.5, 0.6) is 0 Å². The summed E-state index contributed by atoms with van der Waals surface area (Å²) in [6, 6.07) is 5.92. The highest BCUT2D eigenvalue weighted by Gasteiger charge is 2.16. The minimum atomic E-state index is -0.460. The molecular formula is C16H21FN4O3. The molecule has 24 heavy (non-hydrogen) atoms. The fraction of sp³-hybridized carbons (Fsp3) is 0.375. The Morgan fingerprint density at radius 3 is 2.46 bits per heavy atom. The van der Waals surface area contributed by atoms with Gasteiger partial charge in [-0.3, -0.25) is 13.9 Å². The number of halogens is 1. The van der Waals surface area contributed by atoms with Gasteiger partial charge in [0.05, 0.1) is 0 Å². The Labute approximate surface area is 138 Å². The lowest BCUT2D eigenvalue weighted by Crippen LogP contribution is -2.41. The largest absolute Gasteiger partial charge is 0.396 e. The third-order valence-electron chi connectivity index (χ3n) is 3.71. The van der Waals surface area contributed by atoms with Gasteiger partial charge in [-0.15, -0.1) is 0 Å². The number of aliphatic hydroxyl groups is 1. The molecule has 2 aromatic rings. The van der Waals surface area contributed by atoms with E-state index in [4.69, 9.17) is 5.11 Å². The standard InChI is InChI=1S/C16H21FN4O3/c1-18-14-13(19-10-11-4-6-12(17)7-5-11)15(23)21(8-3-9-22)16(24)20(14)2/h4-7,18-19,22H,3,8-10H2,1-2H3. The van der Waals surface area contributed by atoms with E-state index in [1.54, 1.807) is 26.2 Å². The second-order valence-electron chi connectivity index (χ2n) is 5.33. The van der Waals surface area contributed by atoms with Crippen molar-refractivity contribution in [1.82, 2.24) is 9.13 Å². The van der Waals surface area contributed by atoms with E-state index in [-0.39, 0.29) is 24.7 Å². The molecule has 0 fully saturated rings. The van der Waals surface area contributed by atoms with Crippen molar-refractivity contribution in [3.63, 3.8) is 0 Å². The van der Waals surface area contributed by atoms with E-state index in [2.05, 4.69) is 10.6 Å². The van der Waals surface area contributed by atoms with Crippen LogP contribution in [0.25, 0.3) is 0 Å². The van der Waals surface area contributed by atoms with Gasteiger partial charge in [-0.1, -0.05) is 12.1 Å². The maximum absolute atomic E-state index is 13.0. The molecule has 1 heterocycles. The Bertz CT molecular complexity index is 812. The number of hydrogen-bond acceptors (Lipinski definition) is 5. The molecule has 1 aromatic heterocycles. The SMILES string of the molecule is CNc1c(NCc2ccc(F)cc2)c(=O)n(CCCO)c(=O)n1C. The number of hydrogen-bond donors (Lipinski definition) is 3. The van der Waals surface area contributed by atoms with Crippen LogP contribution in [-0.2, 0) is 20.1 Å². The fourth-order valence-electron chi connectivity index (χ4n) is 2.44. The molecule has 0 saturated heterocycles. The second kappa shape index (κ2) is 7.78. The predicted molar refractivity (Wildman–Crippen MR) is 90.9 cm³/mol. The first-order chi connectivity index (χ1) is 11.5. The zero-order valence-electron chi connectivity index (χ0n) is 13.7. The van der Waals surface area contributed by atoms with Gasteiger partial charge in [0.1, 0.15) is 17.3 Å². The third-order valence-corrected chi connectivity index (χ3v) is 3.71. The Morgan fingerprint density at radius 1 is 1.21 bits per heavy atom. The average Bonchev–Trinajstić information content (AvgIpc) is 2.58. The number of aromatic nitrogens is 2. The minimum absolute atomic E-state index is 0.109. The molecule has 0 unspecified atom stereocenters. The van der Waals surface area contributed by atoms with Crippen LogP contribution < -0.4 is 21.9 Å². The van der Waals surface area contributed by atoms with Crippen LogP contribution in [0.4, 0.5) is 15.9 Å². The smallest absolute Gasteiger partial charge is 0.332 e. The third kappa shape index (κ3) is 3.65. The van der Waals surface area contributed by atoms with E-state index in [1.165, 1.54) is 16.7 Å². The normalized spacial score (nSPS) is 10.7. The molecule has 0 atom stereocenters. The van der Waals surface area contributed by atoms with Crippen LogP contribution in [0.1, 0.15) is 12.0 Å². The highest BCUT2D eigenvalue weighted by molar-refractivity contribution is 5.63. The van der Waals surface area contributed by atoms with Crippen LogP contribution in [0.3, 0.4) is 0 Å². The summed E-state index contributed by atoms with van der Waals surface area (Å²) < 4.78 is 15.4. The van der Waals surface area contributed by atoms with Crippen LogP contribution in [0, 0.1) is 5.82 Å². The molecule has 2 rings (SSSR count). The molecule has 0 aliphatic rings. The number of nitrogens with zero attached hydrogens (tertiary/aromatic N) is 2. The average molecular weight is 336 g/mol. The van der Waals surface area contributed by atoms with Gasteiger partial charge >= 0.3 is 5.69 Å². The van der Waals surface area contributed by atoms with Gasteiger partial charge in [-0.05, 0) is 24.1 Å². The maximum atomic E-state index is 13.0. The van der Waals surface area contributed by atoms with Crippen LogP contribution in [-0.4, -0.2) is 27.9 Å². The first-order valence-corrected chi connectivity index (χ1v) is 7.60. The summed E-state index contributed by atoms with van der Waals surface area (Å²) >= 11 is 0. The van der Waals surface area contributed by atoms with Crippen LogP contribution in [0.15, 0.2) is 33.9 Å². The van der Waals surface area contributed by atoms with E-state index in [1.807, 2.05) is 0 Å². The molecule has 0 spiro atoms. The highest BCUT2D eigenvalue weighted by atomic mass is 19.1. The molecule has 3 N–H and O–H groups in total. The van der Waals surface area contributed by atoms with Crippen molar-refractivity contribution < 1.29 is 9.50 Å². The van der Waals surface area contributed by atoms with Crippen molar-refractivity contribution in [1.29, 1.82) is 0 Å². The van der Waals surface area contributed by atoms with Crippen molar-refractivity contribution in [2.24, 2.45) is 7.05 Å². The van der Waals surface area contributed by atoms with Crippen molar-refractivity contribution in [2.45, 2.75) is 19.5 Å². The highest BCUT2D eigenvalue weighted by Crippen LogP contribution is 2.15. The summed E-state index contributed by atoms with van der Waals surface area (Å²) in [5, 5.41) is 14.8. The monoisotopic (exact) mass is 336 g/mol. The van der Waals surface area contributed by atoms with Gasteiger partial charge in [0.25, 0.3) is 5.56 Å². The van der Waals surface area contributed by atoms with Crippen LogP contribution in [0.2, 0.25) is 0 Å². The number of benzene rings is 1. The molecule has 0 saturated carbocycles. The molecular weight excluding hydrogens is 315 g/mol. The van der Waals surface area contributed by atoms with Crippen molar-refractivity contribution in [3.8, 4) is 0 Å². The second-order valence-corrected chi connectivity index (χ2v) is 5.33. The Morgan fingerprint density at radius 2 is 1.88 bits per heavy atom. The molecule has 0 aliphatic carbocycles. The molecule has 7 nitrogen and oxygen atoms in total. The van der Waals surface area contributed by atoms with E-state index < -0.39 is 11.2 Å². The van der Waals surface area contributed by atoms with E-state index in [0.29, 0.717) is 18.8 Å². The number of nitrogens with one attached hydrogen (secondary N) is 2. The van der Waals surface area contributed by atoms with Crippen molar-refractivity contribution >= 4 is 11.5 Å². The summed E-state index contributed by atoms with van der Waals surface area (Å²) in [7, 11) is 3.18. The van der Waals surface area contributed by atoms with Gasteiger partial charge < -0.3 is 15.7 Å². The molecule has 0 bridgehead atoms. The summed E-state index contributed by atoms with van der Waals surface area (Å²) in [4.78, 5) is 24.9. The number of aliphatic hydroxyl groups excluding tert-OH is 1. The quantitative estimate of drug-likeness (QED) is 0.693. The lowest BCUT2D eigenvalue weighted by atomic mass is 10.2. The van der Waals surface area contributed by atoms with Gasteiger partial charge in [0, 0.05) is 33.8 Å². The number of anilines is 2. The minimum Gasteiger partial charge on any atom is -0.396 e. The summed E-state index contributed by atoms with van der Waals surface area (Å²) in [5.41, 5.74) is 0.138. The fourth-order valence-corrected chi connectivity index (χ4v) is 2.44. The summed E-state index contributed by atoms with van der Waals surface area (Å²) in [6.45, 7) is 0.335. The van der Waals surface area contributed by atoms with E-state index in [9.17, 15) is 14.0 Å². The molecule has 0 radical (unpaired) electrons. The molecule has 0 amide bonds. The topological polar surface area (TPSA) is 88.3 Å². The van der Waals surface area contributed by atoms with Gasteiger partial charge in [-0.25, -0.2) is 9.18 Å². The summed E-state index contributed by atoms with van der Waals surface area (Å²) in [5.74, 6) is 0.0375. The zero-order valence-corrected chi connectivity index (χ0v) is 13.7. The Hall–Kier alpha value is -2.61. The molecule has 8 heteroatoms. The first-order valence-electron chi connectivity index (χ1n) is 7.60. The zero-order chi connectivity index (χ0) is 17.7. The maximum Gasteiger partial charge on any atom is 0.332 e. The van der Waals surface area contributed by atoms with Crippen LogP contribution >= 0.6 is 0 Å².